The third-order valence-corrected chi connectivity index (χ3v) is 5.93. The number of nitrogens with zero attached hydrogens (tertiary/aromatic N) is 1. The highest BCUT2D eigenvalue weighted by Gasteiger charge is 2.23. The van der Waals surface area contributed by atoms with Crippen LogP contribution in [0.4, 0.5) is 0 Å². The average Bonchev–Trinajstić information content (AvgIpc) is 2.82. The lowest BCUT2D eigenvalue weighted by Crippen LogP contribution is -2.40. The van der Waals surface area contributed by atoms with Crippen molar-refractivity contribution in [2.24, 2.45) is 0 Å². The maximum atomic E-state index is 12.9. The average molecular weight is 433 g/mol. The number of methoxy groups -OCH3 is 1. The lowest BCUT2D eigenvalue weighted by atomic mass is 10.0. The first kappa shape index (κ1) is 21.7. The Balaban J connectivity index is 1.44. The van der Waals surface area contributed by atoms with Crippen LogP contribution in [0.15, 0.2) is 60.7 Å². The van der Waals surface area contributed by atoms with E-state index in [2.05, 4.69) is 23.5 Å². The van der Waals surface area contributed by atoms with Gasteiger partial charge in [-0.05, 0) is 34.5 Å². The first-order valence-electron chi connectivity index (χ1n) is 10.9. The highest BCUT2D eigenvalue weighted by molar-refractivity contribution is 5.95. The van der Waals surface area contributed by atoms with Crippen LogP contribution in [0, 0.1) is 0 Å². The standard InChI is InChI=1S/C26H28N2O4/c1-18(29)28-14-12-22(13-15-28)32-25-16-20(10-11-24(25)31-2)26(30)27-17-21-8-5-7-19-6-3-4-9-23(19)21/h3-11,16,22H,12-15,17H2,1-2H3,(H,27,30). The zero-order valence-corrected chi connectivity index (χ0v) is 18.5. The zero-order valence-electron chi connectivity index (χ0n) is 18.5. The van der Waals surface area contributed by atoms with Crippen molar-refractivity contribution >= 4 is 22.6 Å². The predicted molar refractivity (Wildman–Crippen MR) is 124 cm³/mol. The van der Waals surface area contributed by atoms with E-state index in [4.69, 9.17) is 9.47 Å². The van der Waals surface area contributed by atoms with Crippen LogP contribution in [0.3, 0.4) is 0 Å². The third kappa shape index (κ3) is 4.85. The summed E-state index contributed by atoms with van der Waals surface area (Å²) in [6, 6.07) is 19.5. The van der Waals surface area contributed by atoms with Gasteiger partial charge in [-0.1, -0.05) is 42.5 Å². The monoisotopic (exact) mass is 432 g/mol. The van der Waals surface area contributed by atoms with Gasteiger partial charge >= 0.3 is 0 Å². The molecule has 6 heteroatoms. The van der Waals surface area contributed by atoms with Crippen LogP contribution >= 0.6 is 0 Å². The van der Waals surface area contributed by atoms with Gasteiger partial charge in [-0.2, -0.15) is 0 Å². The van der Waals surface area contributed by atoms with E-state index in [1.54, 1.807) is 32.2 Å². The SMILES string of the molecule is COc1ccc(C(=O)NCc2cccc3ccccc23)cc1OC1CCN(C(C)=O)CC1. The van der Waals surface area contributed by atoms with Gasteiger partial charge in [0, 0.05) is 45.0 Å². The van der Waals surface area contributed by atoms with Crippen LogP contribution in [0.25, 0.3) is 10.8 Å². The molecule has 3 aromatic carbocycles. The quantitative estimate of drug-likeness (QED) is 0.635. The predicted octanol–water partition coefficient (Wildman–Crippen LogP) is 4.17. The molecule has 0 aromatic heterocycles. The smallest absolute Gasteiger partial charge is 0.251 e. The molecule has 0 saturated carbocycles. The van der Waals surface area contributed by atoms with E-state index in [-0.39, 0.29) is 17.9 Å². The summed E-state index contributed by atoms with van der Waals surface area (Å²) in [4.78, 5) is 26.2. The van der Waals surface area contributed by atoms with Gasteiger partial charge in [0.25, 0.3) is 5.91 Å². The Labute approximate surface area is 188 Å². The summed E-state index contributed by atoms with van der Waals surface area (Å²) in [6.07, 6.45) is 1.48. The van der Waals surface area contributed by atoms with Crippen LogP contribution in [0.2, 0.25) is 0 Å². The minimum Gasteiger partial charge on any atom is -0.493 e. The van der Waals surface area contributed by atoms with Crippen molar-refractivity contribution < 1.29 is 19.1 Å². The molecule has 1 aliphatic heterocycles. The first-order valence-corrected chi connectivity index (χ1v) is 10.9. The number of piperidine rings is 1. The van der Waals surface area contributed by atoms with E-state index in [9.17, 15) is 9.59 Å². The van der Waals surface area contributed by atoms with Crippen LogP contribution < -0.4 is 14.8 Å². The molecule has 0 unspecified atom stereocenters. The Morgan fingerprint density at radius 2 is 1.75 bits per heavy atom. The molecule has 1 fully saturated rings. The van der Waals surface area contributed by atoms with Crippen molar-refractivity contribution in [3.05, 3.63) is 71.8 Å². The molecule has 0 spiro atoms. The number of nitrogens with one attached hydrogen (secondary N) is 1. The third-order valence-electron chi connectivity index (χ3n) is 5.93. The van der Waals surface area contributed by atoms with E-state index >= 15 is 0 Å². The molecule has 1 aliphatic rings. The summed E-state index contributed by atoms with van der Waals surface area (Å²) >= 11 is 0. The highest BCUT2D eigenvalue weighted by atomic mass is 16.5. The van der Waals surface area contributed by atoms with Gasteiger partial charge in [0.05, 0.1) is 7.11 Å². The van der Waals surface area contributed by atoms with Crippen LogP contribution in [-0.2, 0) is 11.3 Å². The largest absolute Gasteiger partial charge is 0.493 e. The van der Waals surface area contributed by atoms with Crippen molar-refractivity contribution in [2.45, 2.75) is 32.4 Å². The molecule has 0 bridgehead atoms. The second-order valence-corrected chi connectivity index (χ2v) is 8.01. The molecular weight excluding hydrogens is 404 g/mol. The molecule has 2 amide bonds. The normalized spacial score (nSPS) is 14.2. The Kier molecular flexibility index (Phi) is 6.59. The number of carbonyl (C=O) groups is 2. The van der Waals surface area contributed by atoms with E-state index in [0.717, 1.165) is 29.2 Å². The fraction of sp³-hybridized carbons (Fsp3) is 0.308. The van der Waals surface area contributed by atoms with Gasteiger partial charge in [-0.25, -0.2) is 0 Å². The number of benzene rings is 3. The minimum atomic E-state index is -0.170. The van der Waals surface area contributed by atoms with E-state index in [1.165, 1.54) is 0 Å². The molecule has 0 aliphatic carbocycles. The fourth-order valence-corrected chi connectivity index (χ4v) is 4.10. The number of carbonyl (C=O) groups excluding carboxylic acids is 2. The summed E-state index contributed by atoms with van der Waals surface area (Å²) in [5.41, 5.74) is 1.58. The number of amides is 2. The fourth-order valence-electron chi connectivity index (χ4n) is 4.10. The second-order valence-electron chi connectivity index (χ2n) is 8.01. The Morgan fingerprint density at radius 1 is 1.00 bits per heavy atom. The summed E-state index contributed by atoms with van der Waals surface area (Å²) in [6.45, 7) is 3.37. The molecule has 4 rings (SSSR count). The summed E-state index contributed by atoms with van der Waals surface area (Å²) in [5, 5.41) is 5.29. The van der Waals surface area contributed by atoms with Crippen molar-refractivity contribution in [3.8, 4) is 11.5 Å². The maximum Gasteiger partial charge on any atom is 0.251 e. The molecule has 166 valence electrons. The second kappa shape index (κ2) is 9.73. The maximum absolute atomic E-state index is 12.9. The Bertz CT molecular complexity index is 1110. The lowest BCUT2D eigenvalue weighted by molar-refractivity contribution is -0.130. The Morgan fingerprint density at radius 3 is 2.50 bits per heavy atom. The van der Waals surface area contributed by atoms with Gasteiger partial charge in [0.15, 0.2) is 11.5 Å². The van der Waals surface area contributed by atoms with Crippen molar-refractivity contribution in [3.63, 3.8) is 0 Å². The zero-order chi connectivity index (χ0) is 22.5. The van der Waals surface area contributed by atoms with E-state index < -0.39 is 0 Å². The minimum absolute atomic E-state index is 0.0199. The number of fused-ring (bicyclic) bond motifs is 1. The van der Waals surface area contributed by atoms with Gasteiger partial charge in [-0.3, -0.25) is 9.59 Å². The molecule has 1 saturated heterocycles. The topological polar surface area (TPSA) is 67.9 Å². The van der Waals surface area contributed by atoms with Crippen molar-refractivity contribution in [1.29, 1.82) is 0 Å². The van der Waals surface area contributed by atoms with Crippen molar-refractivity contribution in [1.82, 2.24) is 10.2 Å². The van der Waals surface area contributed by atoms with Gasteiger partial charge in [0.1, 0.15) is 6.10 Å². The highest BCUT2D eigenvalue weighted by Crippen LogP contribution is 2.31. The lowest BCUT2D eigenvalue weighted by Gasteiger charge is -2.31. The molecule has 32 heavy (non-hydrogen) atoms. The molecule has 0 radical (unpaired) electrons. The number of hydrogen-bond donors (Lipinski definition) is 1. The van der Waals surface area contributed by atoms with E-state index in [1.807, 2.05) is 29.2 Å². The summed E-state index contributed by atoms with van der Waals surface area (Å²) in [5.74, 6) is 1.05. The molecular formula is C26H28N2O4. The molecule has 0 atom stereocenters. The van der Waals surface area contributed by atoms with Crippen LogP contribution in [-0.4, -0.2) is 43.0 Å². The number of rotatable bonds is 6. The molecule has 3 aromatic rings. The van der Waals surface area contributed by atoms with Crippen LogP contribution in [0.1, 0.15) is 35.7 Å². The number of ether oxygens (including phenoxy) is 2. The van der Waals surface area contributed by atoms with E-state index in [0.29, 0.717) is 36.7 Å². The molecule has 1 heterocycles. The summed E-state index contributed by atoms with van der Waals surface area (Å²) < 4.78 is 11.6. The summed E-state index contributed by atoms with van der Waals surface area (Å²) in [7, 11) is 1.58. The first-order chi connectivity index (χ1) is 15.5. The van der Waals surface area contributed by atoms with Crippen molar-refractivity contribution in [2.75, 3.05) is 20.2 Å². The van der Waals surface area contributed by atoms with Gasteiger partial charge in [0.2, 0.25) is 5.91 Å². The Hall–Kier alpha value is -3.54. The molecule has 6 nitrogen and oxygen atoms in total. The van der Waals surface area contributed by atoms with Gasteiger partial charge in [-0.15, -0.1) is 0 Å². The van der Waals surface area contributed by atoms with Gasteiger partial charge < -0.3 is 19.7 Å². The van der Waals surface area contributed by atoms with Crippen LogP contribution in [0.5, 0.6) is 11.5 Å². The number of hydrogen-bond acceptors (Lipinski definition) is 4. The molecule has 1 N–H and O–H groups in total. The number of likely N-dealkylation sites (tertiary alicyclic amines) is 1.